The number of aryl methyl sites for hydroxylation is 1. The Bertz CT molecular complexity index is 1330. The predicted molar refractivity (Wildman–Crippen MR) is 120 cm³/mol. The van der Waals surface area contributed by atoms with Crippen molar-refractivity contribution in [1.29, 1.82) is 0 Å². The molecule has 0 saturated carbocycles. The number of hydrogen-bond donors (Lipinski definition) is 1. The molecule has 3 aromatic heterocycles. The number of nitrogens with one attached hydrogen (secondary N) is 1. The van der Waals surface area contributed by atoms with Crippen LogP contribution in [0.3, 0.4) is 0 Å². The quantitative estimate of drug-likeness (QED) is 0.389. The zero-order valence-electron chi connectivity index (χ0n) is 17.6. The number of nitrogens with zero attached hydrogens (tertiary/aromatic N) is 3. The van der Waals surface area contributed by atoms with Crippen molar-refractivity contribution in [2.45, 2.75) is 13.3 Å². The summed E-state index contributed by atoms with van der Waals surface area (Å²) in [5.74, 6) is 4.69. The van der Waals surface area contributed by atoms with Crippen molar-refractivity contribution in [3.05, 3.63) is 52.9 Å². The normalized spacial score (nSPS) is 10.6. The number of benzene rings is 1. The molecule has 4 aromatic rings. The van der Waals surface area contributed by atoms with Crippen molar-refractivity contribution in [2.75, 3.05) is 14.2 Å². The lowest BCUT2D eigenvalue weighted by Gasteiger charge is -2.12. The average molecular weight is 451 g/mol. The zero-order chi connectivity index (χ0) is 22.7. The Morgan fingerprint density at radius 3 is 2.56 bits per heavy atom. The van der Waals surface area contributed by atoms with Crippen molar-refractivity contribution in [3.63, 3.8) is 0 Å². The summed E-state index contributed by atoms with van der Waals surface area (Å²) in [5, 5.41) is 1.03. The second-order valence-electron chi connectivity index (χ2n) is 6.58. The molecule has 9 heteroatoms. The number of pyridine rings is 1. The molecule has 0 aliphatic rings. The number of aromatic nitrogens is 4. The maximum Gasteiger partial charge on any atom is 0.327 e. The van der Waals surface area contributed by atoms with Gasteiger partial charge in [-0.1, -0.05) is 24.4 Å². The van der Waals surface area contributed by atoms with Crippen molar-refractivity contribution >= 4 is 22.6 Å². The molecular weight excluding hydrogens is 432 g/mol. The predicted octanol–water partition coefficient (Wildman–Crippen LogP) is 5.15. The molecule has 0 fully saturated rings. The molecule has 32 heavy (non-hydrogen) atoms. The molecule has 0 spiro atoms. The topological polar surface area (TPSA) is 91.4 Å². The first-order chi connectivity index (χ1) is 15.6. The van der Waals surface area contributed by atoms with E-state index in [0.29, 0.717) is 51.0 Å². The molecule has 0 bridgehead atoms. The monoisotopic (exact) mass is 450 g/mol. The molecule has 0 unspecified atom stereocenters. The van der Waals surface area contributed by atoms with Gasteiger partial charge in [0.1, 0.15) is 16.8 Å². The number of H-pyrrole nitrogens is 1. The van der Waals surface area contributed by atoms with Gasteiger partial charge in [0.25, 0.3) is 0 Å². The van der Waals surface area contributed by atoms with Gasteiger partial charge in [0.05, 0.1) is 25.4 Å². The average Bonchev–Trinajstić information content (AvgIpc) is 3.14. The van der Waals surface area contributed by atoms with Crippen molar-refractivity contribution < 1.29 is 18.9 Å². The SMILES string of the molecule is C#Cc1cncc(Oc2nc(Oc3ccc(OC)c(OC)c3)c3c(Cl)c(CC)[nH]c3n2)c1. The van der Waals surface area contributed by atoms with Crippen molar-refractivity contribution in [1.82, 2.24) is 19.9 Å². The van der Waals surface area contributed by atoms with Gasteiger partial charge < -0.3 is 23.9 Å². The van der Waals surface area contributed by atoms with Crippen LogP contribution in [0.2, 0.25) is 5.02 Å². The summed E-state index contributed by atoms with van der Waals surface area (Å²) < 4.78 is 22.5. The summed E-state index contributed by atoms with van der Waals surface area (Å²) in [6.45, 7) is 1.98. The van der Waals surface area contributed by atoms with Crippen LogP contribution in [0.5, 0.6) is 34.9 Å². The molecule has 8 nitrogen and oxygen atoms in total. The molecule has 0 aliphatic heterocycles. The maximum atomic E-state index is 6.58. The van der Waals surface area contributed by atoms with Gasteiger partial charge in [0.15, 0.2) is 17.2 Å². The van der Waals surface area contributed by atoms with E-state index in [9.17, 15) is 0 Å². The summed E-state index contributed by atoms with van der Waals surface area (Å²) in [5.41, 5.74) is 1.86. The van der Waals surface area contributed by atoms with Gasteiger partial charge in [0.2, 0.25) is 5.88 Å². The third-order valence-corrected chi connectivity index (χ3v) is 5.04. The fourth-order valence-corrected chi connectivity index (χ4v) is 3.42. The second-order valence-corrected chi connectivity index (χ2v) is 6.96. The van der Waals surface area contributed by atoms with Crippen LogP contribution in [-0.2, 0) is 6.42 Å². The molecular formula is C23H19ClN4O4. The fourth-order valence-electron chi connectivity index (χ4n) is 3.07. The first kappa shape index (κ1) is 21.3. The van der Waals surface area contributed by atoms with Crippen molar-refractivity contribution in [2.24, 2.45) is 0 Å². The van der Waals surface area contributed by atoms with Crippen LogP contribution in [0.25, 0.3) is 11.0 Å². The minimum absolute atomic E-state index is 0.0458. The minimum Gasteiger partial charge on any atom is -0.493 e. The van der Waals surface area contributed by atoms with E-state index in [1.54, 1.807) is 44.7 Å². The Morgan fingerprint density at radius 2 is 1.84 bits per heavy atom. The molecule has 0 atom stereocenters. The number of hydrogen-bond acceptors (Lipinski definition) is 7. The number of rotatable bonds is 7. The number of halogens is 1. The van der Waals surface area contributed by atoms with E-state index >= 15 is 0 Å². The van der Waals surface area contributed by atoms with Gasteiger partial charge in [-0.25, -0.2) is 0 Å². The third-order valence-electron chi connectivity index (χ3n) is 4.62. The van der Waals surface area contributed by atoms with Crippen LogP contribution < -0.4 is 18.9 Å². The summed E-state index contributed by atoms with van der Waals surface area (Å²) in [7, 11) is 3.11. The standard InChI is InChI=1S/C23H19ClN4O4/c1-5-13-9-15(12-25-11-13)32-23-27-21-19(20(24)16(6-2)26-21)22(28-23)31-14-7-8-17(29-3)18(10-14)30-4/h1,7-12H,6H2,2-4H3,(H,26,27,28). The highest BCUT2D eigenvalue weighted by atomic mass is 35.5. The van der Waals surface area contributed by atoms with Crippen LogP contribution in [-0.4, -0.2) is 34.2 Å². The highest BCUT2D eigenvalue weighted by Crippen LogP contribution is 2.39. The number of fused-ring (bicyclic) bond motifs is 1. The van der Waals surface area contributed by atoms with Gasteiger partial charge in [-0.3, -0.25) is 4.98 Å². The van der Waals surface area contributed by atoms with Crippen LogP contribution >= 0.6 is 11.6 Å². The number of ether oxygens (including phenoxy) is 4. The largest absolute Gasteiger partial charge is 0.493 e. The Hall–Kier alpha value is -3.96. The maximum absolute atomic E-state index is 6.58. The Morgan fingerprint density at radius 1 is 1.03 bits per heavy atom. The van der Waals surface area contributed by atoms with Gasteiger partial charge >= 0.3 is 6.01 Å². The molecule has 1 aromatic carbocycles. The smallest absolute Gasteiger partial charge is 0.327 e. The molecule has 3 heterocycles. The van der Waals surface area contributed by atoms with E-state index in [0.717, 1.165) is 5.69 Å². The lowest BCUT2D eigenvalue weighted by molar-refractivity contribution is 0.351. The van der Waals surface area contributed by atoms with E-state index in [-0.39, 0.29) is 11.9 Å². The summed E-state index contributed by atoms with van der Waals surface area (Å²) in [6.07, 6.45) is 9.19. The molecule has 162 valence electrons. The van der Waals surface area contributed by atoms with Gasteiger partial charge in [0, 0.05) is 23.5 Å². The lowest BCUT2D eigenvalue weighted by atomic mass is 10.3. The first-order valence-corrected chi connectivity index (χ1v) is 10.0. The van der Waals surface area contributed by atoms with E-state index in [2.05, 4.69) is 25.9 Å². The Kier molecular flexibility index (Phi) is 6.01. The van der Waals surface area contributed by atoms with Gasteiger partial charge in [-0.2, -0.15) is 9.97 Å². The number of aromatic amines is 1. The summed E-state index contributed by atoms with van der Waals surface area (Å²) in [6, 6.07) is 6.86. The highest BCUT2D eigenvalue weighted by molar-refractivity contribution is 6.36. The first-order valence-electron chi connectivity index (χ1n) is 9.63. The summed E-state index contributed by atoms with van der Waals surface area (Å²) >= 11 is 6.58. The van der Waals surface area contributed by atoms with Gasteiger partial charge in [-0.05, 0) is 24.6 Å². The third kappa shape index (κ3) is 4.11. The minimum atomic E-state index is 0.0458. The molecule has 1 N–H and O–H groups in total. The fraction of sp³-hybridized carbons (Fsp3) is 0.174. The van der Waals surface area contributed by atoms with E-state index in [4.69, 9.17) is 37.0 Å². The number of terminal acetylenes is 1. The van der Waals surface area contributed by atoms with Crippen LogP contribution in [0, 0.1) is 12.3 Å². The molecule has 4 rings (SSSR count). The Balaban J connectivity index is 1.79. The van der Waals surface area contributed by atoms with Crippen molar-refractivity contribution in [3.8, 4) is 47.2 Å². The van der Waals surface area contributed by atoms with Crippen LogP contribution in [0.4, 0.5) is 0 Å². The van der Waals surface area contributed by atoms with Gasteiger partial charge in [-0.15, -0.1) is 6.42 Å². The molecule has 0 radical (unpaired) electrons. The molecule has 0 aliphatic carbocycles. The van der Waals surface area contributed by atoms with E-state index in [1.165, 1.54) is 6.20 Å². The summed E-state index contributed by atoms with van der Waals surface area (Å²) in [4.78, 5) is 16.1. The number of methoxy groups -OCH3 is 2. The zero-order valence-corrected chi connectivity index (χ0v) is 18.4. The molecule has 0 saturated heterocycles. The van der Waals surface area contributed by atoms with E-state index in [1.807, 2.05) is 6.92 Å². The van der Waals surface area contributed by atoms with Crippen LogP contribution in [0.1, 0.15) is 18.2 Å². The van der Waals surface area contributed by atoms with Crippen LogP contribution in [0.15, 0.2) is 36.7 Å². The second kappa shape index (κ2) is 9.04. The molecule has 0 amide bonds. The highest BCUT2D eigenvalue weighted by Gasteiger charge is 2.20. The van der Waals surface area contributed by atoms with E-state index < -0.39 is 0 Å². The Labute approximate surface area is 189 Å². The lowest BCUT2D eigenvalue weighted by Crippen LogP contribution is -1.98.